The third kappa shape index (κ3) is 6.76. The van der Waals surface area contributed by atoms with Gasteiger partial charge >= 0.3 is 0 Å². The lowest BCUT2D eigenvalue weighted by Crippen LogP contribution is -2.72. The summed E-state index contributed by atoms with van der Waals surface area (Å²) >= 11 is 14.0. The normalized spacial score (nSPS) is 18.5. The maximum atomic E-state index is 13.3. The first kappa shape index (κ1) is 35.5. The fourth-order valence-electron chi connectivity index (χ4n) is 8.45. The van der Waals surface area contributed by atoms with E-state index in [1.165, 1.54) is 0 Å². The molecule has 53 heavy (non-hydrogen) atoms. The molecule has 4 aliphatic heterocycles. The van der Waals surface area contributed by atoms with Crippen LogP contribution in [0.2, 0.25) is 10.0 Å². The molecule has 1 N–H and O–H groups in total. The molecule has 4 saturated heterocycles. The molecule has 0 unspecified atom stereocenters. The summed E-state index contributed by atoms with van der Waals surface area (Å²) in [6.45, 7) is 11.9. The molecule has 3 amide bonds. The number of halogens is 2. The van der Waals surface area contributed by atoms with Gasteiger partial charge in [-0.25, -0.2) is 0 Å². The lowest BCUT2D eigenvalue weighted by molar-refractivity contribution is -0.158. The van der Waals surface area contributed by atoms with Crippen LogP contribution in [0.5, 0.6) is 5.75 Å². The zero-order valence-corrected chi connectivity index (χ0v) is 31.5. The van der Waals surface area contributed by atoms with Crippen molar-refractivity contribution in [2.24, 2.45) is 10.8 Å². The van der Waals surface area contributed by atoms with E-state index in [2.05, 4.69) is 31.2 Å². The summed E-state index contributed by atoms with van der Waals surface area (Å²) in [6, 6.07) is 16.9. The fourth-order valence-corrected chi connectivity index (χ4v) is 9.05. The van der Waals surface area contributed by atoms with Crippen molar-refractivity contribution in [1.82, 2.24) is 29.6 Å². The number of likely N-dealkylation sites (tertiary alicyclic amines) is 4. The first-order chi connectivity index (χ1) is 25.4. The van der Waals surface area contributed by atoms with Crippen LogP contribution >= 0.6 is 23.2 Å². The van der Waals surface area contributed by atoms with Gasteiger partial charge in [0.25, 0.3) is 5.91 Å². The largest absolute Gasteiger partial charge is 0.496 e. The maximum Gasteiger partial charge on any atom is 0.274 e. The van der Waals surface area contributed by atoms with E-state index in [0.29, 0.717) is 32.6 Å². The number of carbonyl (C=O) groups excluding carboxylic acids is 3. The van der Waals surface area contributed by atoms with E-state index in [9.17, 15) is 14.4 Å². The number of nitrogens with zero attached hydrogens (tertiary/aromatic N) is 6. The van der Waals surface area contributed by atoms with Crippen molar-refractivity contribution in [2.75, 3.05) is 64.8 Å². The van der Waals surface area contributed by atoms with Gasteiger partial charge in [0, 0.05) is 125 Å². The Bertz CT molecular complexity index is 2100. The van der Waals surface area contributed by atoms with E-state index in [1.54, 1.807) is 45.5 Å². The highest BCUT2D eigenvalue weighted by Gasteiger charge is 2.53. The van der Waals surface area contributed by atoms with Crippen molar-refractivity contribution in [3.05, 3.63) is 93.9 Å². The summed E-state index contributed by atoms with van der Waals surface area (Å²) in [5.74, 6) is 0.662. The van der Waals surface area contributed by atoms with E-state index in [0.717, 1.165) is 87.9 Å². The van der Waals surface area contributed by atoms with Gasteiger partial charge in [-0.05, 0) is 29.8 Å². The van der Waals surface area contributed by atoms with Gasteiger partial charge in [0.2, 0.25) is 11.8 Å². The molecular weight excluding hydrogens is 713 g/mol. The van der Waals surface area contributed by atoms with Crippen LogP contribution in [0.25, 0.3) is 22.4 Å². The molecule has 6 heterocycles. The topological polar surface area (TPSA) is 111 Å². The standard InChI is InChI=1S/C40H41Cl2N7O4/c1-25(50)48-21-39(22-48)17-46(18-39)15-27-7-10-33(44-14-27)38(52)45-32-6-4-5-30(35(32)41)31-11-12-43-37(36(31)42)28-8-9-29(34(13-28)53-3)16-47-19-40(20-47)23-49(24-40)26(2)51/h4-14H,15-24H2,1-3H3,(H,45,52). The van der Waals surface area contributed by atoms with E-state index in [-0.39, 0.29) is 34.2 Å². The van der Waals surface area contributed by atoms with Crippen molar-refractivity contribution in [2.45, 2.75) is 26.9 Å². The average Bonchev–Trinajstić information content (AvgIpc) is 3.07. The second kappa shape index (κ2) is 13.7. The van der Waals surface area contributed by atoms with E-state index in [1.807, 2.05) is 46.2 Å². The Labute approximate surface area is 318 Å². The van der Waals surface area contributed by atoms with Crippen LogP contribution in [0.4, 0.5) is 5.69 Å². The second-order valence-electron chi connectivity index (χ2n) is 15.3. The number of amides is 3. The minimum atomic E-state index is -0.370. The molecule has 0 atom stereocenters. The molecule has 13 heteroatoms. The summed E-state index contributed by atoms with van der Waals surface area (Å²) in [6.07, 6.45) is 3.43. The predicted octanol–water partition coefficient (Wildman–Crippen LogP) is 5.71. The van der Waals surface area contributed by atoms with Crippen LogP contribution in [0, 0.1) is 10.8 Å². The molecule has 2 spiro atoms. The molecule has 0 saturated carbocycles. The molecule has 4 aromatic rings. The van der Waals surface area contributed by atoms with Crippen LogP contribution in [0.3, 0.4) is 0 Å². The number of ether oxygens (including phenoxy) is 1. The SMILES string of the molecule is COc1cc(-c2nccc(-c3cccc(NC(=O)c4ccc(CN5CC6(C5)CN(C(C)=O)C6)cn4)c3Cl)c2Cl)ccc1CN1CC2(C1)CN(C(C)=O)C2. The molecule has 2 aromatic heterocycles. The second-order valence-corrected chi connectivity index (χ2v) is 16.0. The third-order valence-electron chi connectivity index (χ3n) is 11.1. The molecule has 0 aliphatic carbocycles. The first-order valence-electron chi connectivity index (χ1n) is 17.8. The first-order valence-corrected chi connectivity index (χ1v) is 18.5. The number of hydrogen-bond acceptors (Lipinski definition) is 8. The molecule has 0 radical (unpaired) electrons. The van der Waals surface area contributed by atoms with Crippen LogP contribution in [0.1, 0.15) is 35.5 Å². The highest BCUT2D eigenvalue weighted by Crippen LogP contribution is 2.44. The third-order valence-corrected chi connectivity index (χ3v) is 11.9. The van der Waals surface area contributed by atoms with Gasteiger partial charge in [-0.1, -0.05) is 53.5 Å². The number of anilines is 1. The Kier molecular flexibility index (Phi) is 9.17. The number of rotatable bonds is 9. The lowest BCUT2D eigenvalue weighted by Gasteiger charge is -2.60. The Hall–Kier alpha value is -4.55. The molecular formula is C40H41Cl2N7O4. The fraction of sp³-hybridized carbons (Fsp3) is 0.375. The molecule has 0 bridgehead atoms. The monoisotopic (exact) mass is 753 g/mol. The van der Waals surface area contributed by atoms with Gasteiger partial charge in [-0.3, -0.25) is 34.2 Å². The van der Waals surface area contributed by atoms with Crippen LogP contribution < -0.4 is 10.1 Å². The molecule has 4 aliphatic rings. The molecule has 11 nitrogen and oxygen atoms in total. The lowest BCUT2D eigenvalue weighted by atomic mass is 9.72. The zero-order valence-electron chi connectivity index (χ0n) is 30.0. The highest BCUT2D eigenvalue weighted by molar-refractivity contribution is 6.39. The Balaban J connectivity index is 0.914. The maximum absolute atomic E-state index is 13.3. The summed E-state index contributed by atoms with van der Waals surface area (Å²) in [7, 11) is 1.66. The number of aromatic nitrogens is 2. The van der Waals surface area contributed by atoms with Crippen molar-refractivity contribution in [3.63, 3.8) is 0 Å². The number of benzene rings is 2. The molecule has 4 fully saturated rings. The number of methoxy groups -OCH3 is 1. The molecule has 2 aromatic carbocycles. The minimum Gasteiger partial charge on any atom is -0.496 e. The number of pyridine rings is 2. The van der Waals surface area contributed by atoms with Gasteiger partial charge in [0.15, 0.2) is 0 Å². The number of carbonyl (C=O) groups is 3. The van der Waals surface area contributed by atoms with Crippen molar-refractivity contribution >= 4 is 46.6 Å². The van der Waals surface area contributed by atoms with Crippen LogP contribution in [0.15, 0.2) is 67.0 Å². The van der Waals surface area contributed by atoms with Gasteiger partial charge < -0.3 is 19.9 Å². The van der Waals surface area contributed by atoms with Gasteiger partial charge in [-0.15, -0.1) is 0 Å². The van der Waals surface area contributed by atoms with Crippen LogP contribution in [-0.2, 0) is 22.7 Å². The summed E-state index contributed by atoms with van der Waals surface area (Å²) in [5.41, 5.74) is 6.01. The van der Waals surface area contributed by atoms with Crippen LogP contribution in [-0.4, -0.2) is 107 Å². The Morgan fingerprint density at radius 3 is 2.02 bits per heavy atom. The number of nitrogens with one attached hydrogen (secondary N) is 1. The zero-order chi connectivity index (χ0) is 37.1. The van der Waals surface area contributed by atoms with E-state index >= 15 is 0 Å². The van der Waals surface area contributed by atoms with E-state index < -0.39 is 0 Å². The van der Waals surface area contributed by atoms with Gasteiger partial charge in [-0.2, -0.15) is 0 Å². The van der Waals surface area contributed by atoms with E-state index in [4.69, 9.17) is 27.9 Å². The van der Waals surface area contributed by atoms with Gasteiger partial charge in [0.1, 0.15) is 11.4 Å². The summed E-state index contributed by atoms with van der Waals surface area (Å²) in [4.78, 5) is 54.0. The minimum absolute atomic E-state index is 0.139. The Morgan fingerprint density at radius 2 is 1.42 bits per heavy atom. The summed E-state index contributed by atoms with van der Waals surface area (Å²) in [5, 5.41) is 3.69. The average molecular weight is 755 g/mol. The quantitative estimate of drug-likeness (QED) is 0.232. The predicted molar refractivity (Wildman–Crippen MR) is 204 cm³/mol. The smallest absolute Gasteiger partial charge is 0.274 e. The molecule has 274 valence electrons. The summed E-state index contributed by atoms with van der Waals surface area (Å²) < 4.78 is 5.81. The number of hydrogen-bond donors (Lipinski definition) is 1. The molecule has 8 rings (SSSR count). The van der Waals surface area contributed by atoms with Gasteiger partial charge in [0.05, 0.1) is 28.5 Å². The van der Waals surface area contributed by atoms with Crippen molar-refractivity contribution < 1.29 is 19.1 Å². The van der Waals surface area contributed by atoms with Crippen molar-refractivity contribution in [1.29, 1.82) is 0 Å². The Morgan fingerprint density at radius 1 is 0.774 bits per heavy atom. The highest BCUT2D eigenvalue weighted by atomic mass is 35.5. The van der Waals surface area contributed by atoms with Crippen molar-refractivity contribution in [3.8, 4) is 28.1 Å².